The van der Waals surface area contributed by atoms with Gasteiger partial charge in [-0.15, -0.1) is 0 Å². The number of halogens is 1. The van der Waals surface area contributed by atoms with E-state index in [4.69, 9.17) is 11.6 Å². The van der Waals surface area contributed by atoms with Crippen LogP contribution in [0.25, 0.3) is 0 Å². The lowest BCUT2D eigenvalue weighted by molar-refractivity contribution is 0.206. The van der Waals surface area contributed by atoms with Crippen molar-refractivity contribution in [1.82, 2.24) is 9.62 Å². The molecule has 0 saturated carbocycles. The fourth-order valence-electron chi connectivity index (χ4n) is 3.24. The third kappa shape index (κ3) is 5.05. The van der Waals surface area contributed by atoms with E-state index in [1.165, 1.54) is 37.3 Å². The van der Waals surface area contributed by atoms with Crippen LogP contribution in [0.5, 0.6) is 0 Å². The molecule has 3 rings (SSSR count). The summed E-state index contributed by atoms with van der Waals surface area (Å²) in [5.41, 5.74) is 1.18. The molecule has 2 aromatic rings. The van der Waals surface area contributed by atoms with E-state index < -0.39 is 10.0 Å². The van der Waals surface area contributed by atoms with Crippen LogP contribution in [0.2, 0.25) is 5.02 Å². The van der Waals surface area contributed by atoms with E-state index in [1.54, 1.807) is 29.5 Å². The molecule has 0 aliphatic carbocycles. The van der Waals surface area contributed by atoms with Crippen molar-refractivity contribution in [2.24, 2.45) is 0 Å². The largest absolute Gasteiger partial charge is 0.295 e. The molecule has 1 fully saturated rings. The number of nitrogens with zero attached hydrogens (tertiary/aromatic N) is 1. The van der Waals surface area contributed by atoms with Crippen LogP contribution >= 0.6 is 22.9 Å². The summed E-state index contributed by atoms with van der Waals surface area (Å²) in [7, 11) is -3.57. The number of sulfonamides is 1. The molecule has 2 heterocycles. The van der Waals surface area contributed by atoms with Gasteiger partial charge in [0.05, 0.1) is 4.90 Å². The second kappa shape index (κ2) is 8.64. The molecule has 0 spiro atoms. The summed E-state index contributed by atoms with van der Waals surface area (Å²) in [5.74, 6) is 0. The normalized spacial score (nSPS) is 18.0. The standard InChI is InChI=1S/C18H23ClN2O2S2/c19-16-6-5-7-17(12-16)25(22,23)20-13-18(15-8-11-24-14-15)21-9-3-1-2-4-10-21/h5-8,11-12,14,18,20H,1-4,9-10,13H2/t18-/m0/s1. The van der Waals surface area contributed by atoms with Crippen molar-refractivity contribution >= 4 is 33.0 Å². The first-order chi connectivity index (χ1) is 12.1. The number of benzene rings is 1. The van der Waals surface area contributed by atoms with Crippen molar-refractivity contribution in [2.75, 3.05) is 19.6 Å². The van der Waals surface area contributed by atoms with Crippen LogP contribution in [-0.2, 0) is 10.0 Å². The monoisotopic (exact) mass is 398 g/mol. The zero-order chi connectivity index (χ0) is 17.7. The Bertz CT molecular complexity index is 770. The van der Waals surface area contributed by atoms with E-state index in [9.17, 15) is 8.42 Å². The summed E-state index contributed by atoms with van der Waals surface area (Å²) in [6, 6.07) is 8.54. The Morgan fingerprint density at radius 2 is 1.92 bits per heavy atom. The highest BCUT2D eigenvalue weighted by Gasteiger charge is 2.24. The Labute approximate surface area is 158 Å². The van der Waals surface area contributed by atoms with Gasteiger partial charge in [-0.1, -0.05) is 30.5 Å². The quantitative estimate of drug-likeness (QED) is 0.789. The summed E-state index contributed by atoms with van der Waals surface area (Å²) in [4.78, 5) is 2.62. The van der Waals surface area contributed by atoms with Gasteiger partial charge in [-0.3, -0.25) is 4.90 Å². The molecule has 1 aliphatic heterocycles. The maximum atomic E-state index is 12.6. The first kappa shape index (κ1) is 18.9. The van der Waals surface area contributed by atoms with Gasteiger partial charge in [-0.05, 0) is 66.5 Å². The third-order valence-corrected chi connectivity index (χ3v) is 6.94. The van der Waals surface area contributed by atoms with Gasteiger partial charge in [-0.2, -0.15) is 11.3 Å². The van der Waals surface area contributed by atoms with Crippen LogP contribution in [0, 0.1) is 0 Å². The number of thiophene rings is 1. The number of rotatable bonds is 6. The molecule has 7 heteroatoms. The lowest BCUT2D eigenvalue weighted by atomic mass is 10.1. The second-order valence-corrected chi connectivity index (χ2v) is 9.32. The SMILES string of the molecule is O=S(=O)(NC[C@@H](c1ccsc1)N1CCCCCC1)c1cccc(Cl)c1. The first-order valence-corrected chi connectivity index (χ1v) is 11.4. The van der Waals surface area contributed by atoms with Crippen LogP contribution in [0.4, 0.5) is 0 Å². The van der Waals surface area contributed by atoms with Crippen molar-refractivity contribution < 1.29 is 8.42 Å². The molecule has 1 aromatic heterocycles. The van der Waals surface area contributed by atoms with Gasteiger partial charge in [-0.25, -0.2) is 13.1 Å². The summed E-state index contributed by atoms with van der Waals surface area (Å²) >= 11 is 7.58. The van der Waals surface area contributed by atoms with Gasteiger partial charge < -0.3 is 0 Å². The smallest absolute Gasteiger partial charge is 0.240 e. The zero-order valence-electron chi connectivity index (χ0n) is 14.0. The molecule has 1 N–H and O–H groups in total. The maximum absolute atomic E-state index is 12.6. The van der Waals surface area contributed by atoms with E-state index in [2.05, 4.69) is 21.1 Å². The Hall–Kier alpha value is -0.920. The molecule has 25 heavy (non-hydrogen) atoms. The fraction of sp³-hybridized carbons (Fsp3) is 0.444. The minimum Gasteiger partial charge on any atom is -0.295 e. The summed E-state index contributed by atoms with van der Waals surface area (Å²) < 4.78 is 28.0. The van der Waals surface area contributed by atoms with Crippen molar-refractivity contribution in [3.8, 4) is 0 Å². The Kier molecular flexibility index (Phi) is 6.52. The van der Waals surface area contributed by atoms with Crippen LogP contribution in [0.3, 0.4) is 0 Å². The highest BCUT2D eigenvalue weighted by atomic mass is 35.5. The Morgan fingerprint density at radius 1 is 1.16 bits per heavy atom. The van der Waals surface area contributed by atoms with E-state index in [0.29, 0.717) is 11.6 Å². The molecular weight excluding hydrogens is 376 g/mol. The number of hydrogen-bond donors (Lipinski definition) is 1. The van der Waals surface area contributed by atoms with Gasteiger partial charge in [0.2, 0.25) is 10.0 Å². The van der Waals surface area contributed by atoms with Crippen molar-refractivity contribution in [3.63, 3.8) is 0 Å². The minimum absolute atomic E-state index is 0.0679. The van der Waals surface area contributed by atoms with Gasteiger partial charge >= 0.3 is 0 Å². The summed E-state index contributed by atoms with van der Waals surface area (Å²) in [6.45, 7) is 2.39. The molecule has 0 unspecified atom stereocenters. The molecule has 1 aliphatic rings. The average molecular weight is 399 g/mol. The molecule has 4 nitrogen and oxygen atoms in total. The lowest BCUT2D eigenvalue weighted by Crippen LogP contribution is -2.38. The molecule has 136 valence electrons. The first-order valence-electron chi connectivity index (χ1n) is 8.58. The molecular formula is C18H23ClN2O2S2. The number of hydrogen-bond acceptors (Lipinski definition) is 4. The van der Waals surface area contributed by atoms with Crippen LogP contribution in [-0.4, -0.2) is 33.0 Å². The van der Waals surface area contributed by atoms with E-state index in [1.807, 2.05) is 5.38 Å². The van der Waals surface area contributed by atoms with E-state index in [0.717, 1.165) is 13.1 Å². The maximum Gasteiger partial charge on any atom is 0.240 e. The highest BCUT2D eigenvalue weighted by molar-refractivity contribution is 7.89. The lowest BCUT2D eigenvalue weighted by Gasteiger charge is -2.30. The highest BCUT2D eigenvalue weighted by Crippen LogP contribution is 2.26. The minimum atomic E-state index is -3.57. The van der Waals surface area contributed by atoms with E-state index in [-0.39, 0.29) is 10.9 Å². The predicted molar refractivity (Wildman–Crippen MR) is 104 cm³/mol. The molecule has 1 saturated heterocycles. The second-order valence-electron chi connectivity index (χ2n) is 6.33. The molecule has 1 aromatic carbocycles. The predicted octanol–water partition coefficient (Wildman–Crippen LogP) is 4.30. The topological polar surface area (TPSA) is 49.4 Å². The Morgan fingerprint density at radius 3 is 2.56 bits per heavy atom. The van der Waals surface area contributed by atoms with E-state index >= 15 is 0 Å². The van der Waals surface area contributed by atoms with Gasteiger partial charge in [0.15, 0.2) is 0 Å². The van der Waals surface area contributed by atoms with Gasteiger partial charge in [0, 0.05) is 17.6 Å². The van der Waals surface area contributed by atoms with Crippen molar-refractivity contribution in [1.29, 1.82) is 0 Å². The van der Waals surface area contributed by atoms with Crippen LogP contribution in [0.15, 0.2) is 46.0 Å². The van der Waals surface area contributed by atoms with Crippen molar-refractivity contribution in [3.05, 3.63) is 51.7 Å². The van der Waals surface area contributed by atoms with Gasteiger partial charge in [0.25, 0.3) is 0 Å². The molecule has 0 bridgehead atoms. The summed E-state index contributed by atoms with van der Waals surface area (Å²) in [5, 5.41) is 4.58. The Balaban J connectivity index is 1.76. The number of likely N-dealkylation sites (tertiary alicyclic amines) is 1. The fourth-order valence-corrected chi connectivity index (χ4v) is 5.28. The molecule has 0 radical (unpaired) electrons. The van der Waals surface area contributed by atoms with Crippen molar-refractivity contribution in [2.45, 2.75) is 36.6 Å². The zero-order valence-corrected chi connectivity index (χ0v) is 16.4. The van der Waals surface area contributed by atoms with Crippen LogP contribution < -0.4 is 4.72 Å². The molecule has 0 amide bonds. The third-order valence-electron chi connectivity index (χ3n) is 4.58. The van der Waals surface area contributed by atoms with Crippen LogP contribution in [0.1, 0.15) is 37.3 Å². The number of nitrogens with one attached hydrogen (secondary N) is 1. The van der Waals surface area contributed by atoms with Gasteiger partial charge in [0.1, 0.15) is 0 Å². The molecule has 1 atom stereocenters. The average Bonchev–Trinajstić information content (AvgIpc) is 2.98. The summed E-state index contributed by atoms with van der Waals surface area (Å²) in [6.07, 6.45) is 4.84.